The van der Waals surface area contributed by atoms with E-state index >= 15 is 0 Å². The van der Waals surface area contributed by atoms with Crippen LogP contribution in [0.4, 0.5) is 0 Å². The molecule has 1 aliphatic heterocycles. The highest BCUT2D eigenvalue weighted by atomic mass is 29.6. The van der Waals surface area contributed by atoms with Crippen molar-refractivity contribution in [3.05, 3.63) is 0 Å². The normalized spacial score (nSPS) is 31.2. The maximum Gasteiger partial charge on any atom is 0.174 e. The van der Waals surface area contributed by atoms with Crippen LogP contribution in [0.25, 0.3) is 0 Å². The third kappa shape index (κ3) is 3.87. The molecule has 1 unspecified atom stereocenters. The average Bonchev–Trinajstić information content (AvgIpc) is 2.24. The summed E-state index contributed by atoms with van der Waals surface area (Å²) in [5.74, 6) is 0. The number of hydrogen-bond acceptors (Lipinski definition) is 1. The lowest BCUT2D eigenvalue weighted by molar-refractivity contribution is 0.120. The van der Waals surface area contributed by atoms with E-state index in [0.717, 1.165) is 0 Å². The molecule has 0 N–H and O–H groups in total. The molecule has 0 bridgehead atoms. The summed E-state index contributed by atoms with van der Waals surface area (Å²) < 4.78 is 6.85. The molecule has 0 saturated carbocycles. The lowest BCUT2D eigenvalue weighted by Gasteiger charge is -2.59. The summed E-state index contributed by atoms with van der Waals surface area (Å²) in [5, 5.41) is 0. The monoisotopic (exact) mass is 330 g/mol. The second-order valence-corrected chi connectivity index (χ2v) is 35.7. The Morgan fingerprint density at radius 1 is 0.900 bits per heavy atom. The number of rotatable bonds is 6. The SMILES string of the molecule is CCCCCCC[Si]1(C)OC(C)(C)C[Si](C)(C)[Si]1(C)C. The van der Waals surface area contributed by atoms with Gasteiger partial charge in [0.05, 0.1) is 7.11 Å². The lowest BCUT2D eigenvalue weighted by Crippen LogP contribution is -2.78. The molecule has 20 heavy (non-hydrogen) atoms. The summed E-state index contributed by atoms with van der Waals surface area (Å²) in [5.41, 5.74) is 0.155. The summed E-state index contributed by atoms with van der Waals surface area (Å²) in [7, 11) is -3.76. The molecule has 0 amide bonds. The van der Waals surface area contributed by atoms with Crippen LogP contribution in [0.3, 0.4) is 0 Å². The standard InChI is InChI=1S/C16H38OSi3/c1-9-10-11-12-13-14-20(8)17-16(2,3)15-18(4,5)19(20,6)7/h9-15H2,1-8H3. The molecule has 1 atom stereocenters. The molecule has 4 heteroatoms. The molecular weight excluding hydrogens is 292 g/mol. The summed E-state index contributed by atoms with van der Waals surface area (Å²) in [6.07, 6.45) is 7.02. The molecule has 0 radical (unpaired) electrons. The highest BCUT2D eigenvalue weighted by molar-refractivity contribution is 7.67. The zero-order valence-electron chi connectivity index (χ0n) is 15.4. The minimum atomic E-state index is -1.49. The van der Waals surface area contributed by atoms with Gasteiger partial charge in [0.15, 0.2) is 7.83 Å². The Morgan fingerprint density at radius 3 is 2.00 bits per heavy atom. The van der Waals surface area contributed by atoms with Crippen molar-refractivity contribution in [1.82, 2.24) is 0 Å². The Kier molecular flexibility index (Phi) is 5.96. The van der Waals surface area contributed by atoms with Gasteiger partial charge in [-0.1, -0.05) is 65.2 Å². The smallest absolute Gasteiger partial charge is 0.174 e. The zero-order valence-corrected chi connectivity index (χ0v) is 18.4. The van der Waals surface area contributed by atoms with Gasteiger partial charge in [0.1, 0.15) is 0 Å². The van der Waals surface area contributed by atoms with E-state index in [0.29, 0.717) is 0 Å². The molecule has 1 rings (SSSR count). The van der Waals surface area contributed by atoms with E-state index in [2.05, 4.69) is 53.5 Å². The molecule has 0 aliphatic carbocycles. The lowest BCUT2D eigenvalue weighted by atomic mass is 10.2. The van der Waals surface area contributed by atoms with E-state index in [9.17, 15) is 0 Å². The van der Waals surface area contributed by atoms with Gasteiger partial charge in [-0.15, -0.1) is 0 Å². The van der Waals surface area contributed by atoms with Crippen LogP contribution >= 0.6 is 0 Å². The fourth-order valence-electron chi connectivity index (χ4n) is 4.20. The first-order chi connectivity index (χ1) is 8.97. The maximum absolute atomic E-state index is 6.85. The van der Waals surface area contributed by atoms with Crippen molar-refractivity contribution in [3.8, 4) is 0 Å². The minimum absolute atomic E-state index is 0.155. The predicted octanol–water partition coefficient (Wildman–Crippen LogP) is 5.91. The van der Waals surface area contributed by atoms with Crippen LogP contribution < -0.4 is 0 Å². The first kappa shape index (κ1) is 18.7. The van der Waals surface area contributed by atoms with Crippen LogP contribution in [0.2, 0.25) is 44.8 Å². The Bertz CT molecular complexity index is 326. The van der Waals surface area contributed by atoms with E-state index < -0.39 is 22.5 Å². The van der Waals surface area contributed by atoms with Crippen LogP contribution in [0, 0.1) is 0 Å². The molecule has 1 heterocycles. The predicted molar refractivity (Wildman–Crippen MR) is 100 cm³/mol. The Hall–Kier alpha value is 0.611. The highest BCUT2D eigenvalue weighted by Gasteiger charge is 2.61. The minimum Gasteiger partial charge on any atom is -0.415 e. The van der Waals surface area contributed by atoms with Gasteiger partial charge in [-0.25, -0.2) is 0 Å². The molecule has 1 fully saturated rings. The quantitative estimate of drug-likeness (QED) is 0.434. The summed E-state index contributed by atoms with van der Waals surface area (Å²) >= 11 is 0. The second kappa shape index (κ2) is 6.39. The van der Waals surface area contributed by atoms with Crippen molar-refractivity contribution < 1.29 is 4.43 Å². The largest absolute Gasteiger partial charge is 0.415 e. The molecule has 1 nitrogen and oxygen atoms in total. The van der Waals surface area contributed by atoms with Crippen LogP contribution in [-0.2, 0) is 4.43 Å². The van der Waals surface area contributed by atoms with Crippen LogP contribution in [0.1, 0.15) is 52.9 Å². The Balaban J connectivity index is 2.77. The third-order valence-corrected chi connectivity index (χ3v) is 46.7. The van der Waals surface area contributed by atoms with E-state index in [1.165, 1.54) is 44.2 Å². The van der Waals surface area contributed by atoms with Crippen molar-refractivity contribution >= 4 is 22.5 Å². The summed E-state index contributed by atoms with van der Waals surface area (Å²) in [6, 6.07) is 2.80. The van der Waals surface area contributed by atoms with Gasteiger partial charge in [-0.3, -0.25) is 0 Å². The first-order valence-electron chi connectivity index (χ1n) is 8.68. The van der Waals surface area contributed by atoms with Gasteiger partial charge in [-0.05, 0) is 32.5 Å². The van der Waals surface area contributed by atoms with Crippen LogP contribution in [0.5, 0.6) is 0 Å². The van der Waals surface area contributed by atoms with Gasteiger partial charge in [0, 0.05) is 13.2 Å². The van der Waals surface area contributed by atoms with Crippen molar-refractivity contribution in [2.24, 2.45) is 0 Å². The Labute approximate surface area is 130 Å². The fraction of sp³-hybridized carbons (Fsp3) is 1.00. The highest BCUT2D eigenvalue weighted by Crippen LogP contribution is 2.45. The average molecular weight is 331 g/mol. The second-order valence-electron chi connectivity index (χ2n) is 8.94. The Morgan fingerprint density at radius 2 is 1.45 bits per heavy atom. The van der Waals surface area contributed by atoms with Crippen LogP contribution in [0.15, 0.2) is 0 Å². The summed E-state index contributed by atoms with van der Waals surface area (Å²) in [4.78, 5) is 0. The molecule has 120 valence electrons. The zero-order chi connectivity index (χ0) is 15.7. The molecule has 0 spiro atoms. The number of unbranched alkanes of at least 4 members (excludes halogenated alkanes) is 4. The molecule has 0 aromatic carbocycles. The van der Waals surface area contributed by atoms with Gasteiger partial charge < -0.3 is 4.43 Å². The van der Waals surface area contributed by atoms with Gasteiger partial charge in [0.2, 0.25) is 0 Å². The van der Waals surface area contributed by atoms with Crippen molar-refractivity contribution in [3.63, 3.8) is 0 Å². The topological polar surface area (TPSA) is 9.23 Å². The fourth-order valence-corrected chi connectivity index (χ4v) is 37.8. The van der Waals surface area contributed by atoms with Crippen molar-refractivity contribution in [2.75, 3.05) is 0 Å². The number of hydrogen-bond donors (Lipinski definition) is 0. The van der Waals surface area contributed by atoms with Crippen molar-refractivity contribution in [1.29, 1.82) is 0 Å². The molecule has 0 aromatic heterocycles. The summed E-state index contributed by atoms with van der Waals surface area (Å²) in [6.45, 7) is 20.3. The van der Waals surface area contributed by atoms with Gasteiger partial charge in [0.25, 0.3) is 0 Å². The van der Waals surface area contributed by atoms with E-state index in [4.69, 9.17) is 4.43 Å². The van der Waals surface area contributed by atoms with Crippen molar-refractivity contribution in [2.45, 2.75) is 103 Å². The van der Waals surface area contributed by atoms with E-state index in [1.807, 2.05) is 0 Å². The maximum atomic E-state index is 6.85. The molecule has 1 saturated heterocycles. The molecule has 1 aliphatic rings. The first-order valence-corrected chi connectivity index (χ1v) is 19.5. The molecular formula is C16H38OSi3. The van der Waals surface area contributed by atoms with Crippen LogP contribution in [-0.4, -0.2) is 28.1 Å². The van der Waals surface area contributed by atoms with Gasteiger partial charge in [-0.2, -0.15) is 0 Å². The van der Waals surface area contributed by atoms with Gasteiger partial charge >= 0.3 is 0 Å². The third-order valence-electron chi connectivity index (χ3n) is 6.14. The molecule has 0 aromatic rings. The van der Waals surface area contributed by atoms with E-state index in [-0.39, 0.29) is 5.60 Å². The van der Waals surface area contributed by atoms with E-state index in [1.54, 1.807) is 0 Å².